The lowest BCUT2D eigenvalue weighted by Gasteiger charge is -2.38. The molecule has 0 unspecified atom stereocenters. The van der Waals surface area contributed by atoms with Crippen molar-refractivity contribution in [3.63, 3.8) is 0 Å². The van der Waals surface area contributed by atoms with E-state index < -0.39 is 74.3 Å². The Kier molecular flexibility index (Phi) is 8.95. The predicted octanol–water partition coefficient (Wildman–Crippen LogP) is 6.88. The number of anilines is 1. The van der Waals surface area contributed by atoms with E-state index in [1.807, 2.05) is 6.07 Å². The summed E-state index contributed by atoms with van der Waals surface area (Å²) in [5, 5.41) is 9.04. The predicted molar refractivity (Wildman–Crippen MR) is 150 cm³/mol. The van der Waals surface area contributed by atoms with Crippen LogP contribution in [0.25, 0.3) is 0 Å². The van der Waals surface area contributed by atoms with E-state index in [1.54, 1.807) is 0 Å². The van der Waals surface area contributed by atoms with E-state index in [9.17, 15) is 47.9 Å². The number of alkyl halides is 6. The molecule has 1 saturated heterocycles. The van der Waals surface area contributed by atoms with Gasteiger partial charge >= 0.3 is 12.4 Å². The minimum Gasteiger partial charge on any atom is -0.349 e. The SMILES string of the molecule is N#Cc1cnc(N2CC[C@@](c3ccc(C(OCc4c(F)cccc4F)(C(F)(F)F)C(F)(F)F)cc3)(S(=O)(=O)c3ccc(F)cc3)C2)nc1. The van der Waals surface area contributed by atoms with Crippen LogP contribution in [0.4, 0.5) is 45.5 Å². The van der Waals surface area contributed by atoms with Crippen molar-refractivity contribution in [3.05, 3.63) is 119 Å². The topological polar surface area (TPSA) is 96.2 Å². The zero-order valence-electron chi connectivity index (χ0n) is 24.2. The summed E-state index contributed by atoms with van der Waals surface area (Å²) >= 11 is 0. The molecule has 0 radical (unpaired) electrons. The van der Waals surface area contributed by atoms with Crippen molar-refractivity contribution in [2.45, 2.75) is 40.6 Å². The molecular weight excluding hydrogens is 679 g/mol. The van der Waals surface area contributed by atoms with Gasteiger partial charge in [-0.1, -0.05) is 30.3 Å². The third-order valence-corrected chi connectivity index (χ3v) is 10.5. The molecular formula is C31H21F9N4O3S. The molecule has 0 N–H and O–H groups in total. The maximum absolute atomic E-state index is 14.5. The van der Waals surface area contributed by atoms with E-state index in [0.717, 1.165) is 42.5 Å². The number of sulfone groups is 1. The molecule has 1 aromatic heterocycles. The lowest BCUT2D eigenvalue weighted by Crippen LogP contribution is -2.56. The standard InChI is InChI=1S/C31H21F9N4O3S/c32-22-8-10-23(11-9-22)48(45,46)28(12-13-44(18-28)27-42-15-19(14-41)16-43-27)20-4-6-21(7-5-20)29(30(35,36)37,31(38,39)40)47-17-24-25(33)2-1-3-26(24)34/h1-11,15-16H,12-13,17-18H2/t28-/m1/s1. The van der Waals surface area contributed by atoms with Crippen LogP contribution in [0.1, 0.15) is 28.7 Å². The lowest BCUT2D eigenvalue weighted by molar-refractivity contribution is -0.392. The number of rotatable bonds is 8. The average Bonchev–Trinajstić information content (AvgIpc) is 3.49. The molecule has 48 heavy (non-hydrogen) atoms. The Morgan fingerprint density at radius 1 is 0.854 bits per heavy atom. The first kappa shape index (κ1) is 34.6. The highest BCUT2D eigenvalue weighted by Crippen LogP contribution is 2.54. The lowest BCUT2D eigenvalue weighted by atomic mass is 9.88. The zero-order valence-corrected chi connectivity index (χ0v) is 25.0. The van der Waals surface area contributed by atoms with Gasteiger partial charge in [-0.05, 0) is 48.4 Å². The molecule has 5 rings (SSSR count). The fraction of sp³-hybridized carbons (Fsp3) is 0.258. The first-order chi connectivity index (χ1) is 22.5. The van der Waals surface area contributed by atoms with Gasteiger partial charge in [-0.25, -0.2) is 31.6 Å². The Labute approximate surface area is 267 Å². The van der Waals surface area contributed by atoms with Gasteiger partial charge in [0.15, 0.2) is 9.84 Å². The molecule has 1 fully saturated rings. The van der Waals surface area contributed by atoms with Crippen LogP contribution in [0.5, 0.6) is 0 Å². The Bertz CT molecular complexity index is 1910. The monoisotopic (exact) mass is 700 g/mol. The van der Waals surface area contributed by atoms with Gasteiger partial charge in [-0.3, -0.25) is 0 Å². The van der Waals surface area contributed by atoms with Crippen LogP contribution in [-0.4, -0.2) is 43.8 Å². The van der Waals surface area contributed by atoms with Crippen molar-refractivity contribution >= 4 is 15.8 Å². The normalized spacial score (nSPS) is 17.4. The number of benzene rings is 3. The fourth-order valence-electron chi connectivity index (χ4n) is 5.54. The van der Waals surface area contributed by atoms with E-state index in [2.05, 4.69) is 14.7 Å². The summed E-state index contributed by atoms with van der Waals surface area (Å²) in [6, 6.07) is 9.93. The van der Waals surface area contributed by atoms with Crippen molar-refractivity contribution < 1.29 is 52.7 Å². The minimum atomic E-state index is -6.22. The molecule has 2 heterocycles. The first-order valence-corrected chi connectivity index (χ1v) is 15.2. The van der Waals surface area contributed by atoms with Gasteiger partial charge in [-0.15, -0.1) is 0 Å². The Hall–Kier alpha value is -4.69. The van der Waals surface area contributed by atoms with Crippen molar-refractivity contribution in [1.29, 1.82) is 5.26 Å². The number of aromatic nitrogens is 2. The smallest absolute Gasteiger partial charge is 0.349 e. The van der Waals surface area contributed by atoms with Crippen molar-refractivity contribution in [3.8, 4) is 6.07 Å². The molecule has 7 nitrogen and oxygen atoms in total. The first-order valence-electron chi connectivity index (χ1n) is 13.8. The number of halogens is 9. The summed E-state index contributed by atoms with van der Waals surface area (Å²) in [7, 11) is -4.56. The van der Waals surface area contributed by atoms with Gasteiger partial charge < -0.3 is 9.64 Å². The molecule has 0 aliphatic carbocycles. The Balaban J connectivity index is 1.62. The fourth-order valence-corrected chi connectivity index (χ4v) is 7.62. The molecule has 1 aliphatic rings. The van der Waals surface area contributed by atoms with Crippen molar-refractivity contribution in [1.82, 2.24) is 9.97 Å². The quantitative estimate of drug-likeness (QED) is 0.146. The van der Waals surface area contributed by atoms with Gasteiger partial charge in [0.05, 0.1) is 29.5 Å². The molecule has 4 aromatic rings. The number of nitriles is 1. The second kappa shape index (κ2) is 12.4. The Morgan fingerprint density at radius 2 is 1.42 bits per heavy atom. The second-order valence-electron chi connectivity index (χ2n) is 10.7. The summed E-state index contributed by atoms with van der Waals surface area (Å²) in [6.45, 7) is -2.26. The molecule has 0 bridgehead atoms. The number of hydrogen-bond acceptors (Lipinski definition) is 7. The molecule has 0 amide bonds. The number of nitrogens with zero attached hydrogens (tertiary/aromatic N) is 4. The van der Waals surface area contributed by atoms with Gasteiger partial charge in [0.1, 0.15) is 28.3 Å². The average molecular weight is 701 g/mol. The summed E-state index contributed by atoms with van der Waals surface area (Å²) in [5.74, 6) is -3.65. The van der Waals surface area contributed by atoms with E-state index in [0.29, 0.717) is 24.3 Å². The van der Waals surface area contributed by atoms with Crippen LogP contribution in [0.15, 0.2) is 84.0 Å². The van der Waals surface area contributed by atoms with Crippen LogP contribution in [0.2, 0.25) is 0 Å². The van der Waals surface area contributed by atoms with E-state index >= 15 is 0 Å². The van der Waals surface area contributed by atoms with Crippen molar-refractivity contribution in [2.24, 2.45) is 0 Å². The van der Waals surface area contributed by atoms with Crippen LogP contribution in [0.3, 0.4) is 0 Å². The molecule has 0 spiro atoms. The van der Waals surface area contributed by atoms with Gasteiger partial charge in [-0.2, -0.15) is 31.6 Å². The summed E-state index contributed by atoms with van der Waals surface area (Å²) in [5.41, 5.74) is -7.94. The van der Waals surface area contributed by atoms with Crippen LogP contribution >= 0.6 is 0 Å². The summed E-state index contributed by atoms with van der Waals surface area (Å²) < 4.78 is 160. The van der Waals surface area contributed by atoms with E-state index in [4.69, 9.17) is 5.26 Å². The molecule has 17 heteroatoms. The van der Waals surface area contributed by atoms with Crippen molar-refractivity contribution in [2.75, 3.05) is 18.0 Å². The van der Waals surface area contributed by atoms with Gasteiger partial charge in [0.25, 0.3) is 5.60 Å². The maximum atomic E-state index is 14.5. The number of ether oxygens (including phenoxy) is 1. The second-order valence-corrected chi connectivity index (χ2v) is 13.0. The van der Waals surface area contributed by atoms with Crippen LogP contribution in [-0.2, 0) is 31.5 Å². The molecule has 1 atom stereocenters. The molecule has 1 aliphatic heterocycles. The maximum Gasteiger partial charge on any atom is 0.430 e. The Morgan fingerprint density at radius 3 is 1.94 bits per heavy atom. The minimum absolute atomic E-state index is 0.0104. The van der Waals surface area contributed by atoms with Crippen LogP contribution < -0.4 is 4.90 Å². The molecule has 0 saturated carbocycles. The molecule has 252 valence electrons. The largest absolute Gasteiger partial charge is 0.430 e. The van der Waals surface area contributed by atoms with Crippen LogP contribution in [0, 0.1) is 28.8 Å². The summed E-state index contributed by atoms with van der Waals surface area (Å²) in [4.78, 5) is 9.10. The van der Waals surface area contributed by atoms with E-state index in [-0.39, 0.29) is 34.9 Å². The van der Waals surface area contributed by atoms with Gasteiger partial charge in [0, 0.05) is 24.2 Å². The third kappa shape index (κ3) is 5.83. The highest BCUT2D eigenvalue weighted by atomic mass is 32.2. The third-order valence-electron chi connectivity index (χ3n) is 8.03. The van der Waals surface area contributed by atoms with E-state index in [1.165, 1.54) is 17.3 Å². The highest BCUT2D eigenvalue weighted by molar-refractivity contribution is 7.92. The number of hydrogen-bond donors (Lipinski definition) is 0. The molecule has 3 aromatic carbocycles. The summed E-state index contributed by atoms with van der Waals surface area (Å²) in [6.07, 6.45) is -10.4. The highest BCUT2D eigenvalue weighted by Gasteiger charge is 2.73. The van der Waals surface area contributed by atoms with Gasteiger partial charge in [0.2, 0.25) is 5.95 Å². The zero-order chi connectivity index (χ0) is 35.1.